The van der Waals surface area contributed by atoms with E-state index >= 15 is 4.39 Å². The Hall–Kier alpha value is -2.89. The number of anilines is 2. The van der Waals surface area contributed by atoms with Crippen LogP contribution in [0.15, 0.2) is 29.1 Å². The van der Waals surface area contributed by atoms with Crippen LogP contribution in [0.3, 0.4) is 0 Å². The highest BCUT2D eigenvalue weighted by Gasteiger charge is 2.21. The molecule has 6 nitrogen and oxygen atoms in total. The zero-order valence-electron chi connectivity index (χ0n) is 18.5. The van der Waals surface area contributed by atoms with Crippen LogP contribution in [0.5, 0.6) is 0 Å². The maximum absolute atomic E-state index is 15.0. The van der Waals surface area contributed by atoms with E-state index in [9.17, 15) is 4.79 Å². The molecule has 2 aliphatic heterocycles. The Morgan fingerprint density at radius 2 is 1.97 bits per heavy atom. The smallest absolute Gasteiger partial charge is 0.253 e. The number of thiophene rings is 1. The lowest BCUT2D eigenvalue weighted by atomic mass is 10.00. The largest absolute Gasteiger partial charge is 0.384 e. The summed E-state index contributed by atoms with van der Waals surface area (Å²) in [5.74, 6) is -0.286. The second-order valence-electron chi connectivity index (χ2n) is 7.85. The molecule has 0 aliphatic carbocycles. The van der Waals surface area contributed by atoms with E-state index in [1.54, 1.807) is 6.07 Å². The third-order valence-electron chi connectivity index (χ3n) is 5.92. The summed E-state index contributed by atoms with van der Waals surface area (Å²) >= 11 is 1.52. The maximum atomic E-state index is 15.0. The van der Waals surface area contributed by atoms with Crippen LogP contribution in [0.4, 0.5) is 15.1 Å². The first kappa shape index (κ1) is 22.3. The van der Waals surface area contributed by atoms with E-state index < -0.39 is 0 Å². The molecule has 0 atom stereocenters. The van der Waals surface area contributed by atoms with Gasteiger partial charge in [0.2, 0.25) is 0 Å². The minimum Gasteiger partial charge on any atom is -0.384 e. The molecule has 5 rings (SSSR count). The number of hydrogen-bond acceptors (Lipinski definition) is 6. The molecule has 3 aromatic rings. The summed E-state index contributed by atoms with van der Waals surface area (Å²) in [4.78, 5) is 20.6. The van der Waals surface area contributed by atoms with Crippen molar-refractivity contribution in [2.45, 2.75) is 33.2 Å². The fourth-order valence-corrected chi connectivity index (χ4v) is 5.28. The first-order valence-electron chi connectivity index (χ1n) is 11.2. The molecule has 2 aromatic heterocycles. The molecular weight excluding hydrogens is 425 g/mol. The number of nitrogens with one attached hydrogen (secondary N) is 2. The number of aromatic nitrogens is 1. The van der Waals surface area contributed by atoms with E-state index in [1.165, 1.54) is 11.3 Å². The molecule has 1 fully saturated rings. The van der Waals surface area contributed by atoms with Crippen molar-refractivity contribution in [1.29, 1.82) is 5.26 Å². The van der Waals surface area contributed by atoms with Crippen LogP contribution in [-0.2, 0) is 13.0 Å². The predicted octanol–water partition coefficient (Wildman–Crippen LogP) is 4.31. The van der Waals surface area contributed by atoms with Crippen LogP contribution in [0.2, 0.25) is 0 Å². The van der Waals surface area contributed by atoms with E-state index in [-0.39, 0.29) is 11.4 Å². The fourth-order valence-electron chi connectivity index (χ4n) is 4.42. The number of benzene rings is 1. The predicted molar refractivity (Wildman–Crippen MR) is 129 cm³/mol. The Bertz CT molecular complexity index is 1200. The first-order valence-corrected chi connectivity index (χ1v) is 12.0. The van der Waals surface area contributed by atoms with Gasteiger partial charge in [0, 0.05) is 44.8 Å². The number of hydrogen-bond donors (Lipinski definition) is 2. The lowest BCUT2D eigenvalue weighted by molar-refractivity contribution is 0.250. The average Bonchev–Trinajstić information content (AvgIpc) is 3.30. The number of rotatable bonds is 3. The molecule has 0 unspecified atom stereocenters. The van der Waals surface area contributed by atoms with E-state index in [2.05, 4.69) is 26.2 Å². The monoisotopic (exact) mass is 453 g/mol. The van der Waals surface area contributed by atoms with Gasteiger partial charge in [-0.1, -0.05) is 13.8 Å². The average molecular weight is 454 g/mol. The van der Waals surface area contributed by atoms with Gasteiger partial charge in [0.15, 0.2) is 0 Å². The topological polar surface area (TPSA) is 75.2 Å². The van der Waals surface area contributed by atoms with Gasteiger partial charge in [-0.3, -0.25) is 9.69 Å². The standard InChI is InChI=1S/C22H22FN5OS.C2H6/c23-17-10-14(11-18-20(17)21-16(22(29)26-18)2-1-5-25-21)13-27-6-8-28(9-7-27)19-4-3-15(12-24)30-19;1-2/h3-4,10-11,25H,1-2,5-9,13H2,(H,26,29);1-2H3. The Balaban J connectivity index is 0.00000119. The lowest BCUT2D eigenvalue weighted by Crippen LogP contribution is -2.45. The molecule has 0 radical (unpaired) electrons. The highest BCUT2D eigenvalue weighted by molar-refractivity contribution is 7.16. The van der Waals surface area contributed by atoms with E-state index in [0.29, 0.717) is 35.1 Å². The first-order chi connectivity index (χ1) is 15.6. The normalized spacial score (nSPS) is 16.0. The number of nitriles is 1. The van der Waals surface area contributed by atoms with Crippen LogP contribution in [-0.4, -0.2) is 42.6 Å². The second kappa shape index (κ2) is 9.72. The van der Waals surface area contributed by atoms with Crippen molar-refractivity contribution in [3.8, 4) is 6.07 Å². The maximum Gasteiger partial charge on any atom is 0.253 e. The zero-order chi connectivity index (χ0) is 22.7. The van der Waals surface area contributed by atoms with Gasteiger partial charge in [0.05, 0.1) is 21.6 Å². The van der Waals surface area contributed by atoms with Gasteiger partial charge in [-0.15, -0.1) is 11.3 Å². The Kier molecular flexibility index (Phi) is 6.77. The Labute approximate surface area is 191 Å². The van der Waals surface area contributed by atoms with Crippen molar-refractivity contribution in [3.05, 3.63) is 56.4 Å². The summed E-state index contributed by atoms with van der Waals surface area (Å²) in [5, 5.41) is 13.8. The molecule has 1 saturated heterocycles. The molecule has 0 saturated carbocycles. The number of nitrogens with zero attached hydrogens (tertiary/aromatic N) is 3. The molecule has 8 heteroatoms. The minimum atomic E-state index is -0.286. The minimum absolute atomic E-state index is 0.123. The van der Waals surface area contributed by atoms with E-state index in [0.717, 1.165) is 54.6 Å². The Morgan fingerprint density at radius 1 is 1.19 bits per heavy atom. The Morgan fingerprint density at radius 3 is 2.69 bits per heavy atom. The van der Waals surface area contributed by atoms with Crippen LogP contribution in [0.1, 0.15) is 36.3 Å². The summed E-state index contributed by atoms with van der Waals surface area (Å²) in [6.07, 6.45) is 1.57. The highest BCUT2D eigenvalue weighted by Crippen LogP contribution is 2.31. The van der Waals surface area contributed by atoms with Crippen molar-refractivity contribution in [2.75, 3.05) is 42.9 Å². The number of fused-ring (bicyclic) bond motifs is 3. The number of aromatic amines is 1. The van der Waals surface area contributed by atoms with Crippen LogP contribution in [0, 0.1) is 17.1 Å². The summed E-state index contributed by atoms with van der Waals surface area (Å²) in [6.45, 7) is 8.87. The van der Waals surface area contributed by atoms with Crippen molar-refractivity contribution < 1.29 is 4.39 Å². The molecule has 168 valence electrons. The quantitative estimate of drug-likeness (QED) is 0.618. The molecule has 32 heavy (non-hydrogen) atoms. The fraction of sp³-hybridized carbons (Fsp3) is 0.417. The van der Waals surface area contributed by atoms with Gasteiger partial charge < -0.3 is 15.2 Å². The second-order valence-corrected chi connectivity index (χ2v) is 8.91. The van der Waals surface area contributed by atoms with Crippen LogP contribution in [0.25, 0.3) is 10.9 Å². The molecule has 0 spiro atoms. The van der Waals surface area contributed by atoms with Gasteiger partial charge in [-0.2, -0.15) is 5.26 Å². The third-order valence-corrected chi connectivity index (χ3v) is 6.97. The number of halogens is 1. The summed E-state index contributed by atoms with van der Waals surface area (Å²) in [6, 6.07) is 9.55. The zero-order valence-corrected chi connectivity index (χ0v) is 19.3. The van der Waals surface area contributed by atoms with Crippen molar-refractivity contribution in [3.63, 3.8) is 0 Å². The van der Waals surface area contributed by atoms with Crippen LogP contribution < -0.4 is 15.8 Å². The molecule has 0 amide bonds. The number of H-pyrrole nitrogens is 1. The van der Waals surface area contributed by atoms with Gasteiger partial charge in [0.1, 0.15) is 16.8 Å². The summed E-state index contributed by atoms with van der Waals surface area (Å²) < 4.78 is 15.0. The number of piperazine rings is 1. The summed E-state index contributed by atoms with van der Waals surface area (Å²) in [7, 11) is 0. The van der Waals surface area contributed by atoms with Crippen molar-refractivity contribution in [1.82, 2.24) is 9.88 Å². The highest BCUT2D eigenvalue weighted by atomic mass is 32.1. The third kappa shape index (κ3) is 4.36. The molecular formula is C24H28FN5OS. The molecule has 2 aliphatic rings. The van der Waals surface area contributed by atoms with Crippen molar-refractivity contribution in [2.24, 2.45) is 0 Å². The van der Waals surface area contributed by atoms with Gasteiger partial charge in [-0.05, 0) is 42.7 Å². The van der Waals surface area contributed by atoms with E-state index in [1.807, 2.05) is 32.0 Å². The molecule has 2 N–H and O–H groups in total. The van der Waals surface area contributed by atoms with Gasteiger partial charge in [-0.25, -0.2) is 4.39 Å². The summed E-state index contributed by atoms with van der Waals surface area (Å²) in [5.41, 5.74) is 2.62. The van der Waals surface area contributed by atoms with Crippen LogP contribution >= 0.6 is 11.3 Å². The molecule has 1 aromatic carbocycles. The lowest BCUT2D eigenvalue weighted by Gasteiger charge is -2.35. The van der Waals surface area contributed by atoms with E-state index in [4.69, 9.17) is 5.26 Å². The molecule has 4 heterocycles. The molecule has 0 bridgehead atoms. The van der Waals surface area contributed by atoms with Gasteiger partial charge in [0.25, 0.3) is 5.56 Å². The SMILES string of the molecule is CC.N#Cc1ccc(N2CCN(Cc3cc(F)c4c5c(c(=O)[nH]c4c3)CCCN5)CC2)s1. The van der Waals surface area contributed by atoms with Gasteiger partial charge >= 0.3 is 0 Å². The number of pyridine rings is 1. The van der Waals surface area contributed by atoms with Crippen molar-refractivity contribution >= 4 is 32.9 Å².